The number of benzene rings is 1. The monoisotopic (exact) mass is 298 g/mol. The smallest absolute Gasteiger partial charge is 0.236 e. The Morgan fingerprint density at radius 2 is 1.80 bits per heavy atom. The van der Waals surface area contributed by atoms with Crippen molar-refractivity contribution in [2.45, 2.75) is 45.3 Å². The van der Waals surface area contributed by atoms with E-state index in [1.807, 2.05) is 31.2 Å². The summed E-state index contributed by atoms with van der Waals surface area (Å²) in [6, 6.07) is 7.65. The van der Waals surface area contributed by atoms with Gasteiger partial charge in [0.2, 0.25) is 10.0 Å². The lowest BCUT2D eigenvalue weighted by Gasteiger charge is -2.15. The molecule has 0 spiro atoms. The van der Waals surface area contributed by atoms with Gasteiger partial charge in [-0.3, -0.25) is 4.72 Å². The lowest BCUT2D eigenvalue weighted by molar-refractivity contribution is 0.579. The van der Waals surface area contributed by atoms with Crippen LogP contribution in [0.15, 0.2) is 24.3 Å². The summed E-state index contributed by atoms with van der Waals surface area (Å²) in [5, 5.41) is 2.60. The number of unbranched alkanes of at least 4 members (excludes halogenated alkanes) is 1. The van der Waals surface area contributed by atoms with Crippen LogP contribution in [0.25, 0.3) is 0 Å². The fourth-order valence-electron chi connectivity index (χ4n) is 1.84. The molecule has 1 rings (SSSR count). The maximum Gasteiger partial charge on any atom is 0.236 e. The third kappa shape index (κ3) is 5.51. The van der Waals surface area contributed by atoms with Gasteiger partial charge < -0.3 is 5.32 Å². The average Bonchev–Trinajstić information content (AvgIpc) is 2.43. The molecular formula is C15H26N2O2S. The zero-order chi connectivity index (χ0) is 15.0. The molecule has 0 bridgehead atoms. The molecule has 0 aliphatic carbocycles. The number of hydrogen-bond donors (Lipinski definition) is 2. The van der Waals surface area contributed by atoms with Gasteiger partial charge in [-0.05, 0) is 44.0 Å². The van der Waals surface area contributed by atoms with Crippen LogP contribution in [0.4, 0.5) is 5.69 Å². The van der Waals surface area contributed by atoms with Crippen LogP contribution in [-0.4, -0.2) is 26.8 Å². The normalized spacial score (nSPS) is 13.2. The summed E-state index contributed by atoms with van der Waals surface area (Å²) in [5.74, 6) is 0. The largest absolute Gasteiger partial charge is 0.316 e. The predicted octanol–water partition coefficient (Wildman–Crippen LogP) is 2.77. The first-order valence-corrected chi connectivity index (χ1v) is 8.85. The van der Waals surface area contributed by atoms with Gasteiger partial charge >= 0.3 is 0 Å². The molecule has 0 amide bonds. The third-order valence-electron chi connectivity index (χ3n) is 3.24. The van der Waals surface area contributed by atoms with E-state index in [9.17, 15) is 8.42 Å². The Kier molecular flexibility index (Phi) is 7.02. The summed E-state index contributed by atoms with van der Waals surface area (Å²) < 4.78 is 26.9. The minimum absolute atomic E-state index is 0.456. The molecule has 1 unspecified atom stereocenters. The summed E-state index contributed by atoms with van der Waals surface area (Å²) >= 11 is 0. The highest BCUT2D eigenvalue weighted by Crippen LogP contribution is 2.14. The minimum atomic E-state index is -3.33. The Balaban J connectivity index is 2.63. The van der Waals surface area contributed by atoms with Crippen molar-refractivity contribution in [2.24, 2.45) is 0 Å². The Hall–Kier alpha value is -1.07. The number of sulfonamides is 1. The molecule has 1 aromatic rings. The van der Waals surface area contributed by atoms with E-state index < -0.39 is 15.3 Å². The first kappa shape index (κ1) is 17.0. The zero-order valence-corrected chi connectivity index (χ0v) is 13.5. The van der Waals surface area contributed by atoms with Crippen molar-refractivity contribution in [1.82, 2.24) is 5.32 Å². The Morgan fingerprint density at radius 3 is 2.35 bits per heavy atom. The number of nitrogens with one attached hydrogen (secondary N) is 2. The van der Waals surface area contributed by atoms with Crippen LogP contribution in [0.2, 0.25) is 0 Å². The second-order valence-corrected chi connectivity index (χ2v) is 7.16. The molecular weight excluding hydrogens is 272 g/mol. The van der Waals surface area contributed by atoms with Crippen molar-refractivity contribution in [3.05, 3.63) is 29.8 Å². The quantitative estimate of drug-likeness (QED) is 0.737. The number of hydrogen-bond acceptors (Lipinski definition) is 3. The summed E-state index contributed by atoms with van der Waals surface area (Å²) in [6.45, 7) is 7.06. The molecule has 1 atom stereocenters. The van der Waals surface area contributed by atoms with Gasteiger partial charge in [0.05, 0.1) is 5.25 Å². The molecule has 0 heterocycles. The second kappa shape index (κ2) is 8.27. The number of rotatable bonds is 9. The number of aryl methyl sites for hydroxylation is 1. The summed E-state index contributed by atoms with van der Waals surface area (Å²) in [4.78, 5) is 0. The second-order valence-electron chi connectivity index (χ2n) is 5.07. The van der Waals surface area contributed by atoms with Crippen molar-refractivity contribution in [2.75, 3.05) is 17.8 Å². The first-order chi connectivity index (χ1) is 9.49. The third-order valence-corrected chi connectivity index (χ3v) is 4.99. The Bertz CT molecular complexity index is 483. The van der Waals surface area contributed by atoms with Gasteiger partial charge in [-0.15, -0.1) is 0 Å². The molecule has 0 radical (unpaired) electrons. The lowest BCUT2D eigenvalue weighted by atomic mass is 10.1. The highest BCUT2D eigenvalue weighted by atomic mass is 32.2. The van der Waals surface area contributed by atoms with Crippen molar-refractivity contribution >= 4 is 15.7 Å². The molecule has 0 aromatic heterocycles. The van der Waals surface area contributed by atoms with Gasteiger partial charge in [-0.2, -0.15) is 0 Å². The van der Waals surface area contributed by atoms with Crippen LogP contribution >= 0.6 is 0 Å². The lowest BCUT2D eigenvalue weighted by Crippen LogP contribution is -2.34. The summed E-state index contributed by atoms with van der Waals surface area (Å²) in [6.07, 6.45) is 3.36. The van der Waals surface area contributed by atoms with Crippen molar-refractivity contribution in [3.63, 3.8) is 0 Å². The van der Waals surface area contributed by atoms with Crippen molar-refractivity contribution < 1.29 is 8.42 Å². The van der Waals surface area contributed by atoms with E-state index >= 15 is 0 Å². The topological polar surface area (TPSA) is 58.2 Å². The standard InChI is InChI=1S/C15H26N2O2S/c1-4-6-7-14-8-10-15(11-9-14)17-20(18,19)13(3)12-16-5-2/h8-11,13,16-17H,4-7,12H2,1-3H3. The Labute approximate surface area is 123 Å². The minimum Gasteiger partial charge on any atom is -0.316 e. The van der Waals surface area contributed by atoms with Crippen LogP contribution < -0.4 is 10.0 Å². The molecule has 4 nitrogen and oxygen atoms in total. The maximum atomic E-state index is 12.1. The SMILES string of the molecule is CCCCc1ccc(NS(=O)(=O)C(C)CNCC)cc1. The van der Waals surface area contributed by atoms with Crippen molar-refractivity contribution in [1.29, 1.82) is 0 Å². The van der Waals surface area contributed by atoms with Gasteiger partial charge in [-0.1, -0.05) is 32.4 Å². The predicted molar refractivity (Wildman–Crippen MR) is 85.6 cm³/mol. The molecule has 1 aromatic carbocycles. The molecule has 0 fully saturated rings. The van der Waals surface area contributed by atoms with Crippen LogP contribution in [0.3, 0.4) is 0 Å². The summed E-state index contributed by atoms with van der Waals surface area (Å²) in [5.41, 5.74) is 1.88. The first-order valence-electron chi connectivity index (χ1n) is 7.30. The molecule has 2 N–H and O–H groups in total. The van der Waals surface area contributed by atoms with E-state index in [2.05, 4.69) is 17.0 Å². The van der Waals surface area contributed by atoms with Crippen LogP contribution in [0.5, 0.6) is 0 Å². The molecule has 5 heteroatoms. The van der Waals surface area contributed by atoms with Crippen LogP contribution in [0.1, 0.15) is 39.2 Å². The van der Waals surface area contributed by atoms with Gasteiger partial charge in [-0.25, -0.2) is 8.42 Å². The molecule has 114 valence electrons. The Morgan fingerprint density at radius 1 is 1.15 bits per heavy atom. The molecule has 0 aliphatic heterocycles. The van der Waals surface area contributed by atoms with Gasteiger partial charge in [0.15, 0.2) is 0 Å². The average molecular weight is 298 g/mol. The van der Waals surface area contributed by atoms with Crippen molar-refractivity contribution in [3.8, 4) is 0 Å². The molecule has 0 saturated heterocycles. The highest BCUT2D eigenvalue weighted by Gasteiger charge is 2.19. The van der Waals surface area contributed by atoms with Crippen LogP contribution in [-0.2, 0) is 16.4 Å². The molecule has 20 heavy (non-hydrogen) atoms. The number of anilines is 1. The van der Waals surface area contributed by atoms with E-state index in [0.29, 0.717) is 12.2 Å². The van der Waals surface area contributed by atoms with E-state index in [4.69, 9.17) is 0 Å². The van der Waals surface area contributed by atoms with E-state index in [0.717, 1.165) is 25.8 Å². The molecule has 0 saturated carbocycles. The van der Waals surface area contributed by atoms with Gasteiger partial charge in [0.1, 0.15) is 0 Å². The summed E-state index contributed by atoms with van der Waals surface area (Å²) in [7, 11) is -3.33. The van der Waals surface area contributed by atoms with Gasteiger partial charge in [0.25, 0.3) is 0 Å². The highest BCUT2D eigenvalue weighted by molar-refractivity contribution is 7.93. The molecule has 0 aliphatic rings. The van der Waals surface area contributed by atoms with E-state index in [-0.39, 0.29) is 0 Å². The zero-order valence-electron chi connectivity index (χ0n) is 12.6. The van der Waals surface area contributed by atoms with Gasteiger partial charge in [0, 0.05) is 12.2 Å². The fraction of sp³-hybridized carbons (Fsp3) is 0.600. The maximum absolute atomic E-state index is 12.1. The van der Waals surface area contributed by atoms with E-state index in [1.54, 1.807) is 6.92 Å². The van der Waals surface area contributed by atoms with E-state index in [1.165, 1.54) is 5.56 Å². The van der Waals surface area contributed by atoms with Crippen LogP contribution in [0, 0.1) is 0 Å². The fourth-order valence-corrected chi connectivity index (χ4v) is 2.85.